The van der Waals surface area contributed by atoms with Gasteiger partial charge in [-0.15, -0.1) is 0 Å². The molecule has 25 heavy (non-hydrogen) atoms. The second-order valence-electron chi connectivity index (χ2n) is 6.00. The van der Waals surface area contributed by atoms with Gasteiger partial charge in [0.25, 0.3) is 5.56 Å². The molecular formula is C14H18N6O5. The van der Waals surface area contributed by atoms with Gasteiger partial charge in [0.2, 0.25) is 6.33 Å². The van der Waals surface area contributed by atoms with Crippen LogP contribution in [0.15, 0.2) is 22.1 Å². The molecule has 0 bridgehead atoms. The zero-order chi connectivity index (χ0) is 18.9. The van der Waals surface area contributed by atoms with Crippen LogP contribution in [0.3, 0.4) is 0 Å². The van der Waals surface area contributed by atoms with Gasteiger partial charge < -0.3 is 20.4 Å². The summed E-state index contributed by atoms with van der Waals surface area (Å²) < 4.78 is 3.18. The Kier molecular flexibility index (Phi) is 4.86. The van der Waals surface area contributed by atoms with Crippen molar-refractivity contribution in [3.63, 3.8) is 0 Å². The van der Waals surface area contributed by atoms with E-state index >= 15 is 0 Å². The maximum atomic E-state index is 12.5. The molecule has 0 aromatic carbocycles. The molecule has 134 valence electrons. The molecule has 2 heterocycles. The van der Waals surface area contributed by atoms with Crippen LogP contribution in [0.5, 0.6) is 0 Å². The first-order valence-electron chi connectivity index (χ1n) is 7.42. The van der Waals surface area contributed by atoms with Gasteiger partial charge in [-0.1, -0.05) is 13.8 Å². The molecule has 0 amide bonds. The maximum Gasteiger partial charge on any atom is 0.381 e. The topological polar surface area (TPSA) is 148 Å². The Bertz CT molecular complexity index is 952. The van der Waals surface area contributed by atoms with E-state index in [4.69, 9.17) is 5.73 Å². The van der Waals surface area contributed by atoms with E-state index in [9.17, 15) is 24.5 Å². The highest BCUT2D eigenvalue weighted by atomic mass is 16.6. The quantitative estimate of drug-likeness (QED) is 0.430. The highest BCUT2D eigenvalue weighted by Crippen LogP contribution is 2.11. The number of carbonyl (C=O) groups excluding carboxylic acids is 1. The van der Waals surface area contributed by atoms with Gasteiger partial charge in [-0.2, -0.15) is 0 Å². The van der Waals surface area contributed by atoms with Crippen LogP contribution in [0.4, 0.5) is 11.6 Å². The van der Waals surface area contributed by atoms with E-state index in [2.05, 4.69) is 4.98 Å². The number of rotatable bonds is 6. The third-order valence-electron chi connectivity index (χ3n) is 3.54. The number of hydrogen-bond acceptors (Lipinski definition) is 7. The molecule has 2 aromatic heterocycles. The number of anilines is 1. The molecule has 0 saturated carbocycles. The number of ketones is 1. The summed E-state index contributed by atoms with van der Waals surface area (Å²) in [4.78, 5) is 50.5. The van der Waals surface area contributed by atoms with Crippen LogP contribution in [0.1, 0.15) is 24.2 Å². The smallest absolute Gasteiger partial charge is 0.381 e. The Balaban J connectivity index is 2.48. The molecule has 0 atom stereocenters. The number of hydrogen-bond donors (Lipinski definition) is 1. The van der Waals surface area contributed by atoms with Crippen LogP contribution >= 0.6 is 0 Å². The average molecular weight is 350 g/mol. The van der Waals surface area contributed by atoms with Gasteiger partial charge in [-0.05, 0) is 15.8 Å². The molecule has 0 saturated heterocycles. The van der Waals surface area contributed by atoms with Crippen LogP contribution in [0.2, 0.25) is 0 Å². The van der Waals surface area contributed by atoms with Gasteiger partial charge in [0.05, 0.1) is 6.54 Å². The van der Waals surface area contributed by atoms with Crippen LogP contribution in [-0.4, -0.2) is 29.4 Å². The first kappa shape index (κ1) is 18.1. The summed E-state index contributed by atoms with van der Waals surface area (Å²) in [6.07, 6.45) is 2.18. The van der Waals surface area contributed by atoms with Crippen molar-refractivity contribution < 1.29 is 9.72 Å². The summed E-state index contributed by atoms with van der Waals surface area (Å²) in [5.74, 6) is -1.22. The second kappa shape index (κ2) is 6.71. The minimum atomic E-state index is -0.804. The number of nitrogens with zero attached hydrogens (tertiary/aromatic N) is 5. The Morgan fingerprint density at radius 2 is 2.04 bits per heavy atom. The number of nitrogens with two attached hydrogens (primary N) is 1. The standard InChI is InChI=1S/C14H18N6O5/c1-8(2)4-19-12(15)11(13(22)17(3)14(19)23)9(21)5-18-6-10(16-7-18)20(24)25/h6-8H,4-5,15H2,1-3H3. The third kappa shape index (κ3) is 3.49. The lowest BCUT2D eigenvalue weighted by Crippen LogP contribution is -2.43. The molecule has 0 aliphatic heterocycles. The lowest BCUT2D eigenvalue weighted by Gasteiger charge is -2.16. The fourth-order valence-corrected chi connectivity index (χ4v) is 2.36. The van der Waals surface area contributed by atoms with Gasteiger partial charge in [0, 0.05) is 13.6 Å². The molecule has 0 spiro atoms. The number of aromatic nitrogens is 4. The second-order valence-corrected chi connectivity index (χ2v) is 6.00. The highest BCUT2D eigenvalue weighted by molar-refractivity contribution is 5.99. The fourth-order valence-electron chi connectivity index (χ4n) is 2.36. The summed E-state index contributed by atoms with van der Waals surface area (Å²) in [6, 6.07) is 0. The van der Waals surface area contributed by atoms with Gasteiger partial charge in [0.1, 0.15) is 17.6 Å². The molecule has 2 rings (SSSR count). The van der Waals surface area contributed by atoms with Crippen molar-refractivity contribution in [3.8, 4) is 0 Å². The van der Waals surface area contributed by atoms with Crippen LogP contribution in [0.25, 0.3) is 0 Å². The minimum Gasteiger partial charge on any atom is -0.384 e. The van der Waals surface area contributed by atoms with Crippen molar-refractivity contribution in [2.45, 2.75) is 26.9 Å². The van der Waals surface area contributed by atoms with Crippen LogP contribution < -0.4 is 17.0 Å². The van der Waals surface area contributed by atoms with Gasteiger partial charge in [-0.3, -0.25) is 18.7 Å². The van der Waals surface area contributed by atoms with Crippen LogP contribution in [0, 0.1) is 16.0 Å². The molecule has 2 aromatic rings. The first-order valence-corrected chi connectivity index (χ1v) is 7.42. The molecule has 2 N–H and O–H groups in total. The number of carbonyl (C=O) groups is 1. The molecule has 0 radical (unpaired) electrons. The molecular weight excluding hydrogens is 332 g/mol. The van der Waals surface area contributed by atoms with Gasteiger partial charge >= 0.3 is 11.5 Å². The summed E-state index contributed by atoms with van der Waals surface area (Å²) in [5, 5.41) is 10.6. The van der Waals surface area contributed by atoms with Gasteiger partial charge in [-0.25, -0.2) is 4.79 Å². The summed E-state index contributed by atoms with van der Waals surface area (Å²) in [7, 11) is 1.26. The largest absolute Gasteiger partial charge is 0.384 e. The summed E-state index contributed by atoms with van der Waals surface area (Å²) in [6.45, 7) is 3.61. The zero-order valence-corrected chi connectivity index (χ0v) is 14.0. The maximum absolute atomic E-state index is 12.5. The fraction of sp³-hybridized carbons (Fsp3) is 0.429. The molecule has 0 unspecified atom stereocenters. The summed E-state index contributed by atoms with van der Waals surface area (Å²) >= 11 is 0. The van der Waals surface area contributed by atoms with E-state index < -0.39 is 27.8 Å². The SMILES string of the molecule is CC(C)Cn1c(N)c(C(=O)Cn2cnc([N+](=O)[O-])c2)c(=O)n(C)c1=O. The Labute approximate surface area is 141 Å². The lowest BCUT2D eigenvalue weighted by molar-refractivity contribution is -0.389. The van der Waals surface area contributed by atoms with E-state index in [1.54, 1.807) is 0 Å². The van der Waals surface area contributed by atoms with Crippen LogP contribution in [-0.2, 0) is 20.1 Å². The van der Waals surface area contributed by atoms with Crippen molar-refractivity contribution in [1.82, 2.24) is 18.7 Å². The lowest BCUT2D eigenvalue weighted by atomic mass is 10.1. The molecule has 11 nitrogen and oxygen atoms in total. The zero-order valence-electron chi connectivity index (χ0n) is 14.0. The predicted octanol–water partition coefficient (Wildman–Crippen LogP) is -0.227. The third-order valence-corrected chi connectivity index (χ3v) is 3.54. The minimum absolute atomic E-state index is 0.0664. The Morgan fingerprint density at radius 1 is 1.40 bits per heavy atom. The number of imidazole rings is 1. The summed E-state index contributed by atoms with van der Waals surface area (Å²) in [5.41, 5.74) is 4.18. The number of nitrogen functional groups attached to an aromatic ring is 1. The van der Waals surface area contributed by atoms with Crippen molar-refractivity contribution in [2.24, 2.45) is 13.0 Å². The van der Waals surface area contributed by atoms with Crippen molar-refractivity contribution in [2.75, 3.05) is 5.73 Å². The molecule has 0 fully saturated rings. The van der Waals surface area contributed by atoms with E-state index in [1.165, 1.54) is 16.2 Å². The first-order chi connectivity index (χ1) is 11.6. The van der Waals surface area contributed by atoms with E-state index in [0.717, 1.165) is 17.1 Å². The normalized spacial score (nSPS) is 11.0. The van der Waals surface area contributed by atoms with E-state index in [-0.39, 0.29) is 30.4 Å². The Hall–Kier alpha value is -3.24. The number of Topliss-reactive ketones (excluding diaryl/α,β-unsaturated/α-hetero) is 1. The molecule has 11 heteroatoms. The molecule has 0 aliphatic rings. The Morgan fingerprint density at radius 3 is 2.56 bits per heavy atom. The van der Waals surface area contributed by atoms with Crippen molar-refractivity contribution in [3.05, 3.63) is 49.0 Å². The van der Waals surface area contributed by atoms with E-state index in [1.807, 2.05) is 13.8 Å². The van der Waals surface area contributed by atoms with Gasteiger partial charge in [0.15, 0.2) is 5.78 Å². The van der Waals surface area contributed by atoms with E-state index in [0.29, 0.717) is 0 Å². The number of nitro groups is 1. The highest BCUT2D eigenvalue weighted by Gasteiger charge is 2.23. The molecule has 0 aliphatic carbocycles. The monoisotopic (exact) mass is 350 g/mol. The van der Waals surface area contributed by atoms with Crippen molar-refractivity contribution in [1.29, 1.82) is 0 Å². The average Bonchev–Trinajstić information content (AvgIpc) is 2.98. The predicted molar refractivity (Wildman–Crippen MR) is 88.4 cm³/mol. The van der Waals surface area contributed by atoms with Crippen molar-refractivity contribution >= 4 is 17.4 Å².